The van der Waals surface area contributed by atoms with Crippen LogP contribution < -0.4 is 14.8 Å². The standard InChI is InChI=1S/C29H31NO3/c1-6-33-28-17(2)13-19(14-24(28)32-5)25-26-20-10-8-7-9-18(20)11-12-21(26)30-22-15-29(3,4)16-23(31)27(22)25/h7-14,25,30H,6,15-16H2,1-5H3. The molecule has 0 saturated carbocycles. The van der Waals surface area contributed by atoms with Crippen LogP contribution in [0.3, 0.4) is 0 Å². The third-order valence-corrected chi connectivity index (χ3v) is 6.86. The predicted octanol–water partition coefficient (Wildman–Crippen LogP) is 6.76. The van der Waals surface area contributed by atoms with Gasteiger partial charge in [-0.3, -0.25) is 4.79 Å². The smallest absolute Gasteiger partial charge is 0.164 e. The highest BCUT2D eigenvalue weighted by Crippen LogP contribution is 2.52. The van der Waals surface area contributed by atoms with E-state index < -0.39 is 0 Å². The van der Waals surface area contributed by atoms with Gasteiger partial charge in [0.25, 0.3) is 0 Å². The Balaban J connectivity index is 1.81. The van der Waals surface area contributed by atoms with E-state index in [1.165, 1.54) is 10.8 Å². The summed E-state index contributed by atoms with van der Waals surface area (Å²) in [6, 6.07) is 16.9. The van der Waals surface area contributed by atoms with Gasteiger partial charge in [0.1, 0.15) is 0 Å². The molecule has 1 unspecified atom stereocenters. The second kappa shape index (κ2) is 7.95. The Morgan fingerprint density at radius 1 is 1.09 bits per heavy atom. The summed E-state index contributed by atoms with van der Waals surface area (Å²) in [5.74, 6) is 1.54. The first-order chi connectivity index (χ1) is 15.8. The van der Waals surface area contributed by atoms with E-state index >= 15 is 0 Å². The van der Waals surface area contributed by atoms with Gasteiger partial charge < -0.3 is 14.8 Å². The second-order valence-corrected chi connectivity index (χ2v) is 9.94. The van der Waals surface area contributed by atoms with Crippen molar-refractivity contribution in [2.24, 2.45) is 5.41 Å². The number of fused-ring (bicyclic) bond motifs is 3. The van der Waals surface area contributed by atoms with Crippen molar-refractivity contribution in [3.63, 3.8) is 0 Å². The van der Waals surface area contributed by atoms with Crippen LogP contribution in [0.4, 0.5) is 5.69 Å². The van der Waals surface area contributed by atoms with Crippen LogP contribution in [0.5, 0.6) is 11.5 Å². The highest BCUT2D eigenvalue weighted by Gasteiger charge is 2.41. The van der Waals surface area contributed by atoms with Crippen molar-refractivity contribution in [3.05, 3.63) is 76.5 Å². The van der Waals surface area contributed by atoms with Crippen molar-refractivity contribution in [3.8, 4) is 11.5 Å². The number of Topliss-reactive ketones (excluding diaryl/α,β-unsaturated/α-hetero) is 1. The van der Waals surface area contributed by atoms with Crippen LogP contribution >= 0.6 is 0 Å². The molecule has 33 heavy (non-hydrogen) atoms. The highest BCUT2D eigenvalue weighted by atomic mass is 16.5. The Morgan fingerprint density at radius 2 is 1.88 bits per heavy atom. The molecule has 2 aliphatic rings. The van der Waals surface area contributed by atoms with Gasteiger partial charge in [0, 0.05) is 29.3 Å². The van der Waals surface area contributed by atoms with Gasteiger partial charge in [0.15, 0.2) is 17.3 Å². The van der Waals surface area contributed by atoms with Crippen LogP contribution in [0.1, 0.15) is 56.2 Å². The molecule has 0 radical (unpaired) electrons. The molecule has 0 aromatic heterocycles. The average molecular weight is 442 g/mol. The van der Waals surface area contributed by atoms with E-state index in [0.29, 0.717) is 18.8 Å². The summed E-state index contributed by atoms with van der Waals surface area (Å²) in [6.45, 7) is 8.93. The summed E-state index contributed by atoms with van der Waals surface area (Å²) >= 11 is 0. The molecule has 0 fully saturated rings. The fourth-order valence-electron chi connectivity index (χ4n) is 5.55. The Morgan fingerprint density at radius 3 is 2.64 bits per heavy atom. The van der Waals surface area contributed by atoms with Crippen LogP contribution in [0.25, 0.3) is 10.8 Å². The number of methoxy groups -OCH3 is 1. The summed E-state index contributed by atoms with van der Waals surface area (Å²) in [7, 11) is 1.67. The molecule has 1 aliphatic carbocycles. The first-order valence-corrected chi connectivity index (χ1v) is 11.7. The lowest BCUT2D eigenvalue weighted by Gasteiger charge is -2.40. The minimum Gasteiger partial charge on any atom is -0.493 e. The number of carbonyl (C=O) groups excluding carboxylic acids is 1. The van der Waals surface area contributed by atoms with E-state index in [-0.39, 0.29) is 17.1 Å². The Bertz CT molecular complexity index is 1300. The SMILES string of the molecule is CCOc1c(C)cc(C2C3=C(CC(C)(C)CC3=O)Nc3ccc4ccccc4c32)cc1OC. The number of hydrogen-bond acceptors (Lipinski definition) is 4. The van der Waals surface area contributed by atoms with Gasteiger partial charge in [0.2, 0.25) is 0 Å². The van der Waals surface area contributed by atoms with Gasteiger partial charge in [-0.1, -0.05) is 50.2 Å². The first-order valence-electron chi connectivity index (χ1n) is 11.7. The summed E-state index contributed by atoms with van der Waals surface area (Å²) in [5, 5.41) is 5.99. The zero-order valence-corrected chi connectivity index (χ0v) is 20.0. The number of benzene rings is 3. The van der Waals surface area contributed by atoms with Crippen molar-refractivity contribution in [2.45, 2.75) is 46.5 Å². The van der Waals surface area contributed by atoms with E-state index in [0.717, 1.165) is 45.8 Å². The van der Waals surface area contributed by atoms with E-state index in [1.54, 1.807) is 7.11 Å². The van der Waals surface area contributed by atoms with E-state index in [9.17, 15) is 4.79 Å². The number of allylic oxidation sites excluding steroid dienone is 2. The number of carbonyl (C=O) groups is 1. The van der Waals surface area contributed by atoms with Crippen molar-refractivity contribution >= 4 is 22.2 Å². The number of ether oxygens (including phenoxy) is 2. The van der Waals surface area contributed by atoms with E-state index in [2.05, 4.69) is 67.7 Å². The molecule has 3 aromatic carbocycles. The number of aryl methyl sites for hydroxylation is 1. The molecule has 1 N–H and O–H groups in total. The molecular weight excluding hydrogens is 410 g/mol. The van der Waals surface area contributed by atoms with Gasteiger partial charge in [-0.05, 0) is 65.3 Å². The highest BCUT2D eigenvalue weighted by molar-refractivity contribution is 6.04. The predicted molar refractivity (Wildman–Crippen MR) is 133 cm³/mol. The first kappa shape index (κ1) is 21.6. The van der Waals surface area contributed by atoms with E-state index in [4.69, 9.17) is 9.47 Å². The number of anilines is 1. The topological polar surface area (TPSA) is 47.6 Å². The van der Waals surface area contributed by atoms with Crippen LogP contribution in [0.2, 0.25) is 0 Å². The molecule has 0 saturated heterocycles. The van der Waals surface area contributed by atoms with Gasteiger partial charge in [0.05, 0.1) is 13.7 Å². The molecule has 1 aliphatic heterocycles. The Kier molecular flexibility index (Phi) is 5.19. The maximum atomic E-state index is 13.6. The van der Waals surface area contributed by atoms with Gasteiger partial charge in [-0.15, -0.1) is 0 Å². The quantitative estimate of drug-likeness (QED) is 0.486. The molecule has 1 atom stereocenters. The second-order valence-electron chi connectivity index (χ2n) is 9.94. The van der Waals surface area contributed by atoms with Crippen molar-refractivity contribution in [1.29, 1.82) is 0 Å². The van der Waals surface area contributed by atoms with Crippen LogP contribution in [0.15, 0.2) is 59.8 Å². The van der Waals surface area contributed by atoms with Gasteiger partial charge in [-0.25, -0.2) is 0 Å². The third-order valence-electron chi connectivity index (χ3n) is 6.86. The third kappa shape index (κ3) is 3.58. The Hall–Kier alpha value is -3.27. The zero-order valence-electron chi connectivity index (χ0n) is 20.0. The molecule has 4 nitrogen and oxygen atoms in total. The Labute approximate surface area is 195 Å². The maximum Gasteiger partial charge on any atom is 0.164 e. The molecule has 0 spiro atoms. The lowest BCUT2D eigenvalue weighted by Crippen LogP contribution is -2.34. The fourth-order valence-corrected chi connectivity index (χ4v) is 5.55. The van der Waals surface area contributed by atoms with Crippen molar-refractivity contribution < 1.29 is 14.3 Å². The molecule has 3 aromatic rings. The lowest BCUT2D eigenvalue weighted by molar-refractivity contribution is -0.118. The molecule has 5 rings (SSSR count). The average Bonchev–Trinajstić information content (AvgIpc) is 2.78. The van der Waals surface area contributed by atoms with Gasteiger partial charge in [-0.2, -0.15) is 0 Å². The normalized spacial score (nSPS) is 19.1. The summed E-state index contributed by atoms with van der Waals surface area (Å²) in [6.07, 6.45) is 1.40. The van der Waals surface area contributed by atoms with Crippen LogP contribution in [-0.2, 0) is 4.79 Å². The minimum atomic E-state index is -0.158. The molecule has 0 amide bonds. The minimum absolute atomic E-state index is 0.0613. The maximum absolute atomic E-state index is 13.6. The number of ketones is 1. The summed E-state index contributed by atoms with van der Waals surface area (Å²) < 4.78 is 11.6. The number of nitrogens with one attached hydrogen (secondary N) is 1. The molecular formula is C29H31NO3. The fraction of sp³-hybridized carbons (Fsp3) is 0.345. The largest absolute Gasteiger partial charge is 0.493 e. The van der Waals surface area contributed by atoms with Crippen LogP contribution in [0, 0.1) is 12.3 Å². The zero-order chi connectivity index (χ0) is 23.3. The number of rotatable bonds is 4. The van der Waals surface area contributed by atoms with Crippen molar-refractivity contribution in [2.75, 3.05) is 19.0 Å². The van der Waals surface area contributed by atoms with Crippen LogP contribution in [-0.4, -0.2) is 19.5 Å². The monoisotopic (exact) mass is 441 g/mol. The summed E-state index contributed by atoms with van der Waals surface area (Å²) in [5.41, 5.74) is 6.19. The molecule has 4 heteroatoms. The molecule has 0 bridgehead atoms. The summed E-state index contributed by atoms with van der Waals surface area (Å²) in [4.78, 5) is 13.6. The van der Waals surface area contributed by atoms with E-state index in [1.807, 2.05) is 13.8 Å². The molecule has 170 valence electrons. The molecule has 1 heterocycles. The van der Waals surface area contributed by atoms with Crippen molar-refractivity contribution in [1.82, 2.24) is 0 Å². The van der Waals surface area contributed by atoms with Gasteiger partial charge >= 0.3 is 0 Å². The number of hydrogen-bond donors (Lipinski definition) is 1. The lowest BCUT2D eigenvalue weighted by atomic mass is 9.68.